The van der Waals surface area contributed by atoms with Crippen molar-refractivity contribution in [3.63, 3.8) is 0 Å². The van der Waals surface area contributed by atoms with Crippen molar-refractivity contribution in [2.75, 3.05) is 7.11 Å². The number of ether oxygens (including phenoxy) is 1. The Bertz CT molecular complexity index is 689. The first kappa shape index (κ1) is 11.1. The van der Waals surface area contributed by atoms with Gasteiger partial charge in [-0.15, -0.1) is 0 Å². The van der Waals surface area contributed by atoms with Crippen LogP contribution < -0.4 is 4.74 Å². The molecule has 0 aliphatic heterocycles. The standard InChI is InChI=1S/C14H10ClNO2/c1-17-11-6-7-13-12(8-11)16-14(18-13)9-2-4-10(15)5-3-9/h2-8H,1H3. The number of oxazole rings is 1. The van der Waals surface area contributed by atoms with Crippen LogP contribution in [0.4, 0.5) is 0 Å². The summed E-state index contributed by atoms with van der Waals surface area (Å²) >= 11 is 5.85. The van der Waals surface area contributed by atoms with E-state index >= 15 is 0 Å². The van der Waals surface area contributed by atoms with Gasteiger partial charge in [-0.05, 0) is 36.4 Å². The van der Waals surface area contributed by atoms with Crippen molar-refractivity contribution in [3.8, 4) is 17.2 Å². The van der Waals surface area contributed by atoms with E-state index in [0.717, 1.165) is 22.4 Å². The lowest BCUT2D eigenvalue weighted by Crippen LogP contribution is -1.81. The van der Waals surface area contributed by atoms with Crippen molar-refractivity contribution in [2.24, 2.45) is 0 Å². The maximum absolute atomic E-state index is 5.85. The highest BCUT2D eigenvalue weighted by Crippen LogP contribution is 2.27. The van der Waals surface area contributed by atoms with Gasteiger partial charge in [0.05, 0.1) is 7.11 Å². The number of hydrogen-bond acceptors (Lipinski definition) is 3. The van der Waals surface area contributed by atoms with Gasteiger partial charge in [-0.3, -0.25) is 0 Å². The molecule has 3 rings (SSSR count). The van der Waals surface area contributed by atoms with Crippen LogP contribution >= 0.6 is 11.6 Å². The third-order valence-corrected chi connectivity index (χ3v) is 2.94. The number of hydrogen-bond donors (Lipinski definition) is 0. The lowest BCUT2D eigenvalue weighted by molar-refractivity contribution is 0.415. The van der Waals surface area contributed by atoms with Crippen LogP contribution in [0.3, 0.4) is 0 Å². The SMILES string of the molecule is COc1ccc2oc(-c3ccc(Cl)cc3)nc2c1. The molecule has 0 bridgehead atoms. The number of halogens is 1. The van der Waals surface area contributed by atoms with Gasteiger partial charge in [0.1, 0.15) is 11.3 Å². The maximum Gasteiger partial charge on any atom is 0.227 e. The fourth-order valence-electron chi connectivity index (χ4n) is 1.75. The number of benzene rings is 2. The lowest BCUT2D eigenvalue weighted by Gasteiger charge is -1.95. The van der Waals surface area contributed by atoms with Crippen LogP contribution in [-0.4, -0.2) is 12.1 Å². The second-order valence-electron chi connectivity index (χ2n) is 3.86. The predicted octanol–water partition coefficient (Wildman–Crippen LogP) is 4.16. The predicted molar refractivity (Wildman–Crippen MR) is 71.0 cm³/mol. The number of aromatic nitrogens is 1. The van der Waals surface area contributed by atoms with E-state index in [1.807, 2.05) is 42.5 Å². The van der Waals surface area contributed by atoms with Gasteiger partial charge < -0.3 is 9.15 Å². The highest BCUT2D eigenvalue weighted by Gasteiger charge is 2.08. The summed E-state index contributed by atoms with van der Waals surface area (Å²) in [5.74, 6) is 1.34. The average Bonchev–Trinajstić information content (AvgIpc) is 2.82. The molecule has 0 fully saturated rings. The Kier molecular flexibility index (Phi) is 2.68. The summed E-state index contributed by atoms with van der Waals surface area (Å²) in [6.45, 7) is 0. The van der Waals surface area contributed by atoms with E-state index in [-0.39, 0.29) is 0 Å². The minimum absolute atomic E-state index is 0.579. The third kappa shape index (κ3) is 1.93. The molecule has 3 aromatic rings. The lowest BCUT2D eigenvalue weighted by atomic mass is 10.2. The Morgan fingerprint density at radius 1 is 1.11 bits per heavy atom. The van der Waals surface area contributed by atoms with Gasteiger partial charge in [0.25, 0.3) is 0 Å². The first-order valence-electron chi connectivity index (χ1n) is 5.47. The Morgan fingerprint density at radius 3 is 2.61 bits per heavy atom. The monoisotopic (exact) mass is 259 g/mol. The number of nitrogens with zero attached hydrogens (tertiary/aromatic N) is 1. The van der Waals surface area contributed by atoms with Gasteiger partial charge in [-0.2, -0.15) is 0 Å². The van der Waals surface area contributed by atoms with Gasteiger partial charge in [0.2, 0.25) is 5.89 Å². The Labute approximate surface area is 109 Å². The Morgan fingerprint density at radius 2 is 1.89 bits per heavy atom. The summed E-state index contributed by atoms with van der Waals surface area (Å²) in [6.07, 6.45) is 0. The zero-order valence-electron chi connectivity index (χ0n) is 9.68. The molecule has 90 valence electrons. The van der Waals surface area contributed by atoms with E-state index in [1.165, 1.54) is 0 Å². The second-order valence-corrected chi connectivity index (χ2v) is 4.30. The van der Waals surface area contributed by atoms with Crippen LogP contribution in [0.5, 0.6) is 5.75 Å². The summed E-state index contributed by atoms with van der Waals surface area (Å²) in [6, 6.07) is 12.9. The number of rotatable bonds is 2. The van der Waals surface area contributed by atoms with E-state index < -0.39 is 0 Å². The van der Waals surface area contributed by atoms with Gasteiger partial charge in [0, 0.05) is 16.7 Å². The topological polar surface area (TPSA) is 35.3 Å². The minimum Gasteiger partial charge on any atom is -0.497 e. The van der Waals surface area contributed by atoms with Crippen LogP contribution in [0.25, 0.3) is 22.6 Å². The van der Waals surface area contributed by atoms with Crippen LogP contribution in [0, 0.1) is 0 Å². The van der Waals surface area contributed by atoms with Crippen LogP contribution in [0.15, 0.2) is 46.9 Å². The molecule has 0 radical (unpaired) electrons. The number of fused-ring (bicyclic) bond motifs is 1. The van der Waals surface area contributed by atoms with E-state index in [4.69, 9.17) is 20.8 Å². The first-order valence-corrected chi connectivity index (χ1v) is 5.84. The number of methoxy groups -OCH3 is 1. The molecule has 0 N–H and O–H groups in total. The van der Waals surface area contributed by atoms with Crippen molar-refractivity contribution in [1.29, 1.82) is 0 Å². The largest absolute Gasteiger partial charge is 0.497 e. The first-order chi connectivity index (χ1) is 8.76. The summed E-state index contributed by atoms with van der Waals surface area (Å²) in [5.41, 5.74) is 2.41. The van der Waals surface area contributed by atoms with Crippen molar-refractivity contribution in [2.45, 2.75) is 0 Å². The zero-order chi connectivity index (χ0) is 12.5. The van der Waals surface area contributed by atoms with E-state index in [1.54, 1.807) is 7.11 Å². The Balaban J connectivity index is 2.10. The van der Waals surface area contributed by atoms with E-state index in [9.17, 15) is 0 Å². The molecule has 0 atom stereocenters. The molecule has 0 amide bonds. The molecule has 0 unspecified atom stereocenters. The summed E-state index contributed by atoms with van der Waals surface area (Å²) < 4.78 is 10.8. The van der Waals surface area contributed by atoms with Crippen molar-refractivity contribution in [1.82, 2.24) is 4.98 Å². The van der Waals surface area contributed by atoms with Crippen LogP contribution in [0.2, 0.25) is 5.02 Å². The quantitative estimate of drug-likeness (QED) is 0.693. The minimum atomic E-state index is 0.579. The Hall–Kier alpha value is -2.00. The smallest absolute Gasteiger partial charge is 0.227 e. The third-order valence-electron chi connectivity index (χ3n) is 2.69. The molecular weight excluding hydrogens is 250 g/mol. The van der Waals surface area contributed by atoms with E-state index in [0.29, 0.717) is 10.9 Å². The highest BCUT2D eigenvalue weighted by atomic mass is 35.5. The molecular formula is C14H10ClNO2. The van der Waals surface area contributed by atoms with Crippen LogP contribution in [-0.2, 0) is 0 Å². The molecule has 0 aliphatic rings. The molecule has 0 saturated heterocycles. The molecule has 0 aliphatic carbocycles. The van der Waals surface area contributed by atoms with Gasteiger partial charge in [0.15, 0.2) is 5.58 Å². The molecule has 18 heavy (non-hydrogen) atoms. The van der Waals surface area contributed by atoms with Crippen molar-refractivity contribution >= 4 is 22.7 Å². The fraction of sp³-hybridized carbons (Fsp3) is 0.0714. The average molecular weight is 260 g/mol. The van der Waals surface area contributed by atoms with E-state index in [2.05, 4.69) is 4.98 Å². The molecule has 3 nitrogen and oxygen atoms in total. The summed E-state index contributed by atoms with van der Waals surface area (Å²) in [5, 5.41) is 0.691. The van der Waals surface area contributed by atoms with Crippen LogP contribution in [0.1, 0.15) is 0 Å². The molecule has 1 heterocycles. The van der Waals surface area contributed by atoms with Gasteiger partial charge >= 0.3 is 0 Å². The fourth-order valence-corrected chi connectivity index (χ4v) is 1.88. The normalized spacial score (nSPS) is 10.8. The van der Waals surface area contributed by atoms with Gasteiger partial charge in [-0.25, -0.2) is 4.98 Å². The second kappa shape index (κ2) is 4.35. The summed E-state index contributed by atoms with van der Waals surface area (Å²) in [4.78, 5) is 4.43. The summed E-state index contributed by atoms with van der Waals surface area (Å²) in [7, 11) is 1.63. The van der Waals surface area contributed by atoms with Crippen molar-refractivity contribution in [3.05, 3.63) is 47.5 Å². The molecule has 0 saturated carbocycles. The molecule has 4 heteroatoms. The maximum atomic E-state index is 5.85. The molecule has 2 aromatic carbocycles. The molecule has 0 spiro atoms. The van der Waals surface area contributed by atoms with Crippen molar-refractivity contribution < 1.29 is 9.15 Å². The zero-order valence-corrected chi connectivity index (χ0v) is 10.4. The highest BCUT2D eigenvalue weighted by molar-refractivity contribution is 6.30. The van der Waals surface area contributed by atoms with Gasteiger partial charge in [-0.1, -0.05) is 11.6 Å². The molecule has 1 aromatic heterocycles.